The minimum absolute atomic E-state index is 0.0999. The van der Waals surface area contributed by atoms with Gasteiger partial charge in [0.05, 0.1) is 12.3 Å². The van der Waals surface area contributed by atoms with Crippen LogP contribution in [0.2, 0.25) is 0 Å². The second-order valence-electron chi connectivity index (χ2n) is 13.1. The molecule has 1 aliphatic heterocycles. The number of Topliss-reactive ketones (excluding diaryl/α,β-unsaturated/α-hetero) is 1. The fourth-order valence-electron chi connectivity index (χ4n) is 8.39. The number of esters is 1. The topological polar surface area (TPSA) is 126 Å². The Kier molecular flexibility index (Phi) is 7.48. The van der Waals surface area contributed by atoms with Crippen molar-refractivity contribution in [2.75, 3.05) is 6.61 Å². The van der Waals surface area contributed by atoms with Crippen LogP contribution in [0.4, 0.5) is 0 Å². The first-order valence-corrected chi connectivity index (χ1v) is 14.6. The van der Waals surface area contributed by atoms with E-state index in [1.54, 1.807) is 24.3 Å². The summed E-state index contributed by atoms with van der Waals surface area (Å²) in [4.78, 5) is 39.7. The van der Waals surface area contributed by atoms with E-state index < -0.39 is 42.0 Å². The molecule has 0 unspecified atom stereocenters. The summed E-state index contributed by atoms with van der Waals surface area (Å²) in [5, 5.41) is 26.2. The third-order valence-corrected chi connectivity index (χ3v) is 11.1. The van der Waals surface area contributed by atoms with Gasteiger partial charge < -0.3 is 19.6 Å². The van der Waals surface area contributed by atoms with Crippen molar-refractivity contribution in [2.24, 2.45) is 39.1 Å². The van der Waals surface area contributed by atoms with Crippen LogP contribution in [-0.2, 0) is 19.1 Å². The molecule has 1 heterocycles. The van der Waals surface area contributed by atoms with Crippen LogP contribution in [0, 0.1) is 34.0 Å². The number of carbonyl (C=O) groups is 3. The minimum atomic E-state index is -1.26. The Balaban J connectivity index is 1.40. The molecule has 3 fully saturated rings. The van der Waals surface area contributed by atoms with Gasteiger partial charge in [-0.05, 0) is 66.1 Å². The maximum atomic E-state index is 13.5. The quantitative estimate of drug-likeness (QED) is 0.320. The van der Waals surface area contributed by atoms with Gasteiger partial charge in [0.2, 0.25) is 5.91 Å². The Bertz CT molecular complexity index is 1300. The van der Waals surface area contributed by atoms with Crippen molar-refractivity contribution in [2.45, 2.75) is 78.9 Å². The zero-order valence-corrected chi connectivity index (χ0v) is 24.6. The predicted molar refractivity (Wildman–Crippen MR) is 154 cm³/mol. The minimum Gasteiger partial charge on any atom is -0.482 e. The normalized spacial score (nSPS) is 37.9. The van der Waals surface area contributed by atoms with Crippen LogP contribution in [0.25, 0.3) is 0 Å². The molecule has 9 nitrogen and oxygen atoms in total. The number of fused-ring (bicyclic) bond motifs is 1. The lowest BCUT2D eigenvalue weighted by atomic mass is 9.44. The molecule has 3 aliphatic carbocycles. The molecule has 220 valence electrons. The fraction of sp³-hybridized carbons (Fsp3) is 0.613. The maximum absolute atomic E-state index is 13.5. The molecule has 5 rings (SSSR count). The summed E-state index contributed by atoms with van der Waals surface area (Å²) in [5.74, 6) is -0.723. The summed E-state index contributed by atoms with van der Waals surface area (Å²) in [6, 6.07) is 4.93. The highest BCUT2D eigenvalue weighted by molar-refractivity contribution is 6.67. The molecule has 0 spiro atoms. The predicted octanol–water partition coefficient (Wildman–Crippen LogP) is 2.86. The number of ketones is 1. The molecule has 1 aromatic rings. The van der Waals surface area contributed by atoms with Crippen molar-refractivity contribution in [1.29, 1.82) is 0 Å². The van der Waals surface area contributed by atoms with Crippen molar-refractivity contribution in [3.63, 3.8) is 0 Å². The van der Waals surface area contributed by atoms with Gasteiger partial charge >= 0.3 is 13.0 Å². The van der Waals surface area contributed by atoms with Gasteiger partial charge in [-0.2, -0.15) is 5.10 Å². The molecule has 8 atom stereocenters. The van der Waals surface area contributed by atoms with Crippen LogP contribution in [-0.4, -0.2) is 64.8 Å². The van der Waals surface area contributed by atoms with Gasteiger partial charge in [0, 0.05) is 30.1 Å². The second kappa shape index (κ2) is 10.4. The summed E-state index contributed by atoms with van der Waals surface area (Å²) in [5.41, 5.74) is -0.590. The highest BCUT2D eigenvalue weighted by atomic mass is 16.6. The number of rotatable bonds is 5. The standard InChI is InChI=1S/C31H41BN2O7/c1-7-29(5)15-25(30(6)18(2)10-12-31(19(3)28(29)38)13-11-24(36)27(30)31)41-26(37)17-40-22-9-8-21-16-33-34(20(4)35)32(39)23(21)14-22/h7-9,14,16,18-19,25,27-28,38-39H,1,10-13,15,17H2,2-6H3/t18-,19-,25+,27-,28-,29+,30-,31-/m0/s1. The Hall–Kier alpha value is -2.98. The number of benzene rings is 1. The van der Waals surface area contributed by atoms with Crippen molar-refractivity contribution in [1.82, 2.24) is 4.92 Å². The highest BCUT2D eigenvalue weighted by Gasteiger charge is 2.68. The van der Waals surface area contributed by atoms with E-state index >= 15 is 0 Å². The van der Waals surface area contributed by atoms with Gasteiger partial charge in [0.1, 0.15) is 17.6 Å². The molecule has 1 aromatic carbocycles. The van der Waals surface area contributed by atoms with E-state index in [1.165, 1.54) is 13.1 Å². The molecule has 0 aromatic heterocycles. The lowest BCUT2D eigenvalue weighted by molar-refractivity contribution is -0.207. The summed E-state index contributed by atoms with van der Waals surface area (Å²) in [6.45, 7) is 13.3. The van der Waals surface area contributed by atoms with E-state index in [1.807, 2.05) is 6.92 Å². The van der Waals surface area contributed by atoms with Crippen molar-refractivity contribution < 1.29 is 34.0 Å². The zero-order chi connectivity index (χ0) is 29.9. The lowest BCUT2D eigenvalue weighted by Crippen LogP contribution is -2.63. The van der Waals surface area contributed by atoms with Crippen molar-refractivity contribution in [3.8, 4) is 5.75 Å². The number of aliphatic hydroxyl groups excluding tert-OH is 1. The second-order valence-corrected chi connectivity index (χ2v) is 13.1. The first kappa shape index (κ1) is 29.5. The molecule has 41 heavy (non-hydrogen) atoms. The average molecular weight is 564 g/mol. The van der Waals surface area contributed by atoms with Gasteiger partial charge in [-0.25, -0.2) is 9.71 Å². The van der Waals surface area contributed by atoms with Crippen LogP contribution in [0.5, 0.6) is 5.75 Å². The molecular formula is C31H41BN2O7. The number of carbonyl (C=O) groups excluding carboxylic acids is 3. The Labute approximate surface area is 242 Å². The van der Waals surface area contributed by atoms with Crippen LogP contribution in [0.15, 0.2) is 36.0 Å². The molecule has 10 heteroatoms. The third kappa shape index (κ3) is 4.54. The Morgan fingerprint density at radius 1 is 1.27 bits per heavy atom. The number of amides is 1. The molecule has 0 saturated heterocycles. The maximum Gasteiger partial charge on any atom is 0.474 e. The molecule has 3 saturated carbocycles. The highest BCUT2D eigenvalue weighted by Crippen LogP contribution is 2.68. The smallest absolute Gasteiger partial charge is 0.474 e. The number of hydrogen-bond acceptors (Lipinski definition) is 8. The van der Waals surface area contributed by atoms with E-state index in [0.717, 1.165) is 24.2 Å². The lowest BCUT2D eigenvalue weighted by Gasteiger charge is -2.61. The van der Waals surface area contributed by atoms with Gasteiger partial charge in [0.15, 0.2) is 6.61 Å². The Morgan fingerprint density at radius 3 is 2.68 bits per heavy atom. The zero-order valence-electron chi connectivity index (χ0n) is 24.6. The molecule has 2 bridgehead atoms. The van der Waals surface area contributed by atoms with Gasteiger partial charge in [0.25, 0.3) is 0 Å². The van der Waals surface area contributed by atoms with Crippen LogP contribution in [0.3, 0.4) is 0 Å². The van der Waals surface area contributed by atoms with Crippen LogP contribution in [0.1, 0.15) is 72.3 Å². The average Bonchev–Trinajstić information content (AvgIpc) is 3.30. The monoisotopic (exact) mass is 564 g/mol. The number of ether oxygens (including phenoxy) is 2. The Morgan fingerprint density at radius 2 is 2.00 bits per heavy atom. The summed E-state index contributed by atoms with van der Waals surface area (Å²) in [7, 11) is -1.26. The molecule has 2 N–H and O–H groups in total. The van der Waals surface area contributed by atoms with E-state index in [-0.39, 0.29) is 35.6 Å². The van der Waals surface area contributed by atoms with E-state index in [0.29, 0.717) is 29.6 Å². The molecule has 4 aliphatic rings. The molecular weight excluding hydrogens is 523 g/mol. The third-order valence-electron chi connectivity index (χ3n) is 11.1. The van der Waals surface area contributed by atoms with E-state index in [2.05, 4.69) is 32.5 Å². The number of nitrogens with zero attached hydrogens (tertiary/aromatic N) is 2. The van der Waals surface area contributed by atoms with Gasteiger partial charge in [-0.1, -0.05) is 39.8 Å². The van der Waals surface area contributed by atoms with Crippen LogP contribution < -0.4 is 10.2 Å². The first-order valence-electron chi connectivity index (χ1n) is 14.6. The number of hydrazone groups is 1. The first-order chi connectivity index (χ1) is 19.3. The van der Waals surface area contributed by atoms with Gasteiger partial charge in [-0.3, -0.25) is 9.59 Å². The van der Waals surface area contributed by atoms with E-state index in [9.17, 15) is 24.5 Å². The largest absolute Gasteiger partial charge is 0.482 e. The summed E-state index contributed by atoms with van der Waals surface area (Å²) in [6.07, 6.45) is 5.22. The molecule has 1 amide bonds. The van der Waals surface area contributed by atoms with E-state index in [4.69, 9.17) is 9.47 Å². The molecule has 0 radical (unpaired) electrons. The van der Waals surface area contributed by atoms with Crippen LogP contribution >= 0.6 is 0 Å². The number of aliphatic hydroxyl groups is 1. The fourth-order valence-corrected chi connectivity index (χ4v) is 8.39. The summed E-state index contributed by atoms with van der Waals surface area (Å²) < 4.78 is 12.0. The van der Waals surface area contributed by atoms with Crippen molar-refractivity contribution >= 4 is 36.4 Å². The van der Waals surface area contributed by atoms with Crippen molar-refractivity contribution in [3.05, 3.63) is 36.4 Å². The SMILES string of the molecule is C=C[C@]1(C)C[C@@H](OC(=O)COc2ccc3c(c2)B(O)N(C(C)=O)N=C3)[C@@]2(C)[C@@H]3C(=O)CC[C@@]3(CC[C@@H]2C)[C@@H](C)[C@@H]1O. The summed E-state index contributed by atoms with van der Waals surface area (Å²) >= 11 is 0. The van der Waals surface area contributed by atoms with Gasteiger partial charge in [-0.15, -0.1) is 6.58 Å². The number of hydrogen-bond donors (Lipinski definition) is 2.